The Labute approximate surface area is 329 Å². The predicted octanol–water partition coefficient (Wildman–Crippen LogP) is 13.6. The maximum Gasteiger partial charge on any atom is 0.161 e. The Kier molecular flexibility index (Phi) is 8.65. The Morgan fingerprint density at radius 3 is 1.75 bits per heavy atom. The van der Waals surface area contributed by atoms with Gasteiger partial charge in [-0.25, -0.2) is 9.98 Å². The lowest BCUT2D eigenvalue weighted by molar-refractivity contribution is 0.668. The van der Waals surface area contributed by atoms with Crippen molar-refractivity contribution in [2.75, 3.05) is 0 Å². The highest BCUT2D eigenvalue weighted by Crippen LogP contribution is 2.40. The minimum Gasteiger partial charge on any atom is -0.455 e. The van der Waals surface area contributed by atoms with E-state index in [1.165, 1.54) is 0 Å². The van der Waals surface area contributed by atoms with Gasteiger partial charge in [0.2, 0.25) is 0 Å². The highest BCUT2D eigenvalue weighted by atomic mass is 16.3. The number of aliphatic imine (C=N–C) groups is 3. The predicted molar refractivity (Wildman–Crippen MR) is 237 cm³/mol. The number of nitrogens with zero attached hydrogens (tertiary/aromatic N) is 3. The minimum absolute atomic E-state index is 0.444. The average molecular weight is 734 g/mol. The van der Waals surface area contributed by atoms with Gasteiger partial charge < -0.3 is 8.83 Å². The van der Waals surface area contributed by atoms with E-state index >= 15 is 0 Å². The van der Waals surface area contributed by atoms with Crippen molar-refractivity contribution in [3.05, 3.63) is 205 Å². The molecule has 0 atom stereocenters. The monoisotopic (exact) mass is 733 g/mol. The summed E-state index contributed by atoms with van der Waals surface area (Å²) in [6.45, 7) is 4.40. The minimum atomic E-state index is 0.444. The normalized spacial score (nSPS) is 12.2. The van der Waals surface area contributed by atoms with Crippen LogP contribution in [0.3, 0.4) is 0 Å². The quantitative estimate of drug-likeness (QED) is 0.121. The van der Waals surface area contributed by atoms with E-state index in [0.717, 1.165) is 93.9 Å². The number of amidine groups is 2. The van der Waals surface area contributed by atoms with E-state index in [4.69, 9.17) is 18.8 Å². The Morgan fingerprint density at radius 2 is 1.00 bits per heavy atom. The van der Waals surface area contributed by atoms with Gasteiger partial charge in [0.05, 0.1) is 12.1 Å². The van der Waals surface area contributed by atoms with E-state index in [1.54, 1.807) is 0 Å². The average Bonchev–Trinajstić information content (AvgIpc) is 3.86. The van der Waals surface area contributed by atoms with Crippen molar-refractivity contribution in [3.63, 3.8) is 0 Å². The number of benzene rings is 8. The van der Waals surface area contributed by atoms with Gasteiger partial charge in [-0.1, -0.05) is 164 Å². The second-order valence-corrected chi connectivity index (χ2v) is 14.0. The first kappa shape index (κ1) is 33.9. The lowest BCUT2D eigenvalue weighted by atomic mass is 9.96. The molecule has 10 aromatic rings. The topological polar surface area (TPSA) is 63.4 Å². The van der Waals surface area contributed by atoms with Crippen molar-refractivity contribution in [2.45, 2.75) is 6.54 Å². The number of rotatable bonds is 7. The number of hydrogen-bond donors (Lipinski definition) is 0. The summed E-state index contributed by atoms with van der Waals surface area (Å²) in [5.74, 6) is 0.988. The summed E-state index contributed by atoms with van der Waals surface area (Å²) in [5.41, 5.74) is 12.4. The van der Waals surface area contributed by atoms with E-state index in [2.05, 4.69) is 133 Å². The fourth-order valence-corrected chi connectivity index (χ4v) is 7.74. The lowest BCUT2D eigenvalue weighted by Gasteiger charge is -2.10. The smallest absolute Gasteiger partial charge is 0.161 e. The zero-order chi connectivity index (χ0) is 38.1. The second-order valence-electron chi connectivity index (χ2n) is 14.0. The largest absolute Gasteiger partial charge is 0.455 e. The molecule has 0 fully saturated rings. The summed E-state index contributed by atoms with van der Waals surface area (Å²) in [4.78, 5) is 14.6. The molecular formula is C52H35N3O2. The third kappa shape index (κ3) is 6.31. The molecule has 2 heterocycles. The summed E-state index contributed by atoms with van der Waals surface area (Å²) >= 11 is 0. The Bertz CT molecular complexity index is 3170. The molecule has 5 nitrogen and oxygen atoms in total. The van der Waals surface area contributed by atoms with E-state index in [9.17, 15) is 0 Å². The number of hydrogen-bond acceptors (Lipinski definition) is 3. The van der Waals surface area contributed by atoms with E-state index in [-0.39, 0.29) is 0 Å². The maximum atomic E-state index is 6.75. The van der Waals surface area contributed by atoms with Crippen molar-refractivity contribution in [1.82, 2.24) is 0 Å². The molecule has 0 aliphatic heterocycles. The molecule has 0 saturated heterocycles. The van der Waals surface area contributed by atoms with Gasteiger partial charge in [0.1, 0.15) is 22.3 Å². The Hall–Kier alpha value is -7.63. The standard InChI is InChI=1S/C52H35N3O2/c1-53-51(55-52(54-33-34-15-4-2-5-16-34)46-29-14-26-43-42-23-8-9-30-47(42)56-50(43)46)39-22-11-20-37(32-39)36-19-10-21-38(31-36)41-25-13-28-45-44-27-12-24-40(48(44)57-49(41)45)35-17-6-3-7-18-35/h2-32H,1,33H2. The Morgan fingerprint density at radius 1 is 0.439 bits per heavy atom. The first-order valence-corrected chi connectivity index (χ1v) is 19.0. The van der Waals surface area contributed by atoms with Crippen LogP contribution in [-0.4, -0.2) is 18.4 Å². The number of fused-ring (bicyclic) bond motifs is 6. The van der Waals surface area contributed by atoms with Gasteiger partial charge in [-0.2, -0.15) is 0 Å². The van der Waals surface area contributed by atoms with Crippen molar-refractivity contribution in [1.29, 1.82) is 0 Å². The second kappa shape index (κ2) is 14.5. The van der Waals surface area contributed by atoms with E-state index in [0.29, 0.717) is 18.2 Å². The van der Waals surface area contributed by atoms with Crippen LogP contribution in [0.25, 0.3) is 77.3 Å². The van der Waals surface area contributed by atoms with Gasteiger partial charge in [-0.3, -0.25) is 4.99 Å². The summed E-state index contributed by atoms with van der Waals surface area (Å²) in [6.07, 6.45) is 0. The summed E-state index contributed by atoms with van der Waals surface area (Å²) in [7, 11) is 0. The molecule has 2 aromatic heterocycles. The molecule has 0 N–H and O–H groups in total. The van der Waals surface area contributed by atoms with Crippen LogP contribution >= 0.6 is 0 Å². The highest BCUT2D eigenvalue weighted by molar-refractivity contribution is 6.19. The Balaban J connectivity index is 1.05. The van der Waals surface area contributed by atoms with Gasteiger partial charge in [-0.05, 0) is 58.8 Å². The SMILES string of the molecule is C=NC(=NC(=NCc1ccccc1)c1cccc2c1oc1ccccc12)c1cccc(-c2cccc(-c3cccc4c3oc3c(-c5ccccc5)cccc34)c2)c1. The molecule has 0 amide bonds. The zero-order valence-corrected chi connectivity index (χ0v) is 31.0. The molecule has 8 aromatic carbocycles. The van der Waals surface area contributed by atoms with Crippen molar-refractivity contribution < 1.29 is 8.83 Å². The van der Waals surface area contributed by atoms with Crippen LogP contribution in [0, 0.1) is 0 Å². The van der Waals surface area contributed by atoms with Crippen molar-refractivity contribution in [3.8, 4) is 33.4 Å². The van der Waals surface area contributed by atoms with Gasteiger partial charge in [0.15, 0.2) is 11.7 Å². The van der Waals surface area contributed by atoms with E-state index in [1.807, 2.05) is 66.7 Å². The van der Waals surface area contributed by atoms with Gasteiger partial charge in [0, 0.05) is 38.2 Å². The van der Waals surface area contributed by atoms with Crippen LogP contribution < -0.4 is 0 Å². The lowest BCUT2D eigenvalue weighted by Crippen LogP contribution is -2.06. The van der Waals surface area contributed by atoms with E-state index < -0.39 is 0 Å². The summed E-state index contributed by atoms with van der Waals surface area (Å²) < 4.78 is 13.2. The van der Waals surface area contributed by atoms with Crippen LogP contribution in [0.5, 0.6) is 0 Å². The van der Waals surface area contributed by atoms with Gasteiger partial charge in [-0.15, -0.1) is 0 Å². The van der Waals surface area contributed by atoms with Gasteiger partial charge >= 0.3 is 0 Å². The van der Waals surface area contributed by atoms with Crippen LogP contribution in [0.1, 0.15) is 16.7 Å². The van der Waals surface area contributed by atoms with Crippen LogP contribution in [-0.2, 0) is 6.54 Å². The molecule has 10 rings (SSSR count). The third-order valence-corrected chi connectivity index (χ3v) is 10.5. The van der Waals surface area contributed by atoms with Crippen LogP contribution in [0.15, 0.2) is 212 Å². The number of furan rings is 2. The molecule has 0 radical (unpaired) electrons. The van der Waals surface area contributed by atoms with Crippen LogP contribution in [0.4, 0.5) is 0 Å². The zero-order valence-electron chi connectivity index (χ0n) is 31.0. The molecule has 0 saturated carbocycles. The molecule has 270 valence electrons. The fraction of sp³-hybridized carbons (Fsp3) is 0.0192. The molecular weight excluding hydrogens is 699 g/mol. The summed E-state index contributed by atoms with van der Waals surface area (Å²) in [6, 6.07) is 64.3. The maximum absolute atomic E-state index is 6.75. The third-order valence-electron chi connectivity index (χ3n) is 10.5. The molecule has 0 bridgehead atoms. The van der Waals surface area contributed by atoms with Crippen LogP contribution in [0.2, 0.25) is 0 Å². The van der Waals surface area contributed by atoms with Crippen molar-refractivity contribution in [2.24, 2.45) is 15.0 Å². The molecule has 0 aliphatic carbocycles. The summed E-state index contributed by atoms with van der Waals surface area (Å²) in [5, 5.41) is 4.25. The fourth-order valence-electron chi connectivity index (χ4n) is 7.74. The molecule has 5 heteroatoms. The van der Waals surface area contributed by atoms with Gasteiger partial charge in [0.25, 0.3) is 0 Å². The molecule has 0 unspecified atom stereocenters. The molecule has 57 heavy (non-hydrogen) atoms. The molecule has 0 spiro atoms. The molecule has 0 aliphatic rings. The number of para-hydroxylation sites is 4. The first-order valence-electron chi connectivity index (χ1n) is 19.0. The highest BCUT2D eigenvalue weighted by Gasteiger charge is 2.18. The first-order chi connectivity index (χ1) is 28.2. The van der Waals surface area contributed by atoms with Crippen molar-refractivity contribution >= 4 is 62.3 Å².